The van der Waals surface area contributed by atoms with Gasteiger partial charge in [0, 0.05) is 7.11 Å². The van der Waals surface area contributed by atoms with Crippen molar-refractivity contribution in [2.24, 2.45) is 5.73 Å². The van der Waals surface area contributed by atoms with Gasteiger partial charge >= 0.3 is 0 Å². The first kappa shape index (κ1) is 8.49. The van der Waals surface area contributed by atoms with Crippen molar-refractivity contribution in [3.05, 3.63) is 0 Å². The predicted molar refractivity (Wildman–Crippen MR) is 42.6 cm³/mol. The SMILES string of the molecule is COC1CCC[NH+](C(=N)N)C1. The smallest absolute Gasteiger partial charge is 0.290 e. The molecule has 4 N–H and O–H groups in total. The Morgan fingerprint density at radius 3 is 3.00 bits per heavy atom. The predicted octanol–water partition coefficient (Wildman–Crippen LogP) is -1.43. The zero-order chi connectivity index (χ0) is 8.27. The zero-order valence-corrected chi connectivity index (χ0v) is 6.89. The van der Waals surface area contributed by atoms with Crippen molar-refractivity contribution in [2.75, 3.05) is 20.2 Å². The van der Waals surface area contributed by atoms with Crippen molar-refractivity contribution in [1.82, 2.24) is 0 Å². The highest BCUT2D eigenvalue weighted by Crippen LogP contribution is 2.00. The van der Waals surface area contributed by atoms with Crippen molar-refractivity contribution in [2.45, 2.75) is 18.9 Å². The number of nitrogens with two attached hydrogens (primary N) is 1. The fourth-order valence-corrected chi connectivity index (χ4v) is 1.47. The van der Waals surface area contributed by atoms with Crippen LogP contribution in [0.25, 0.3) is 0 Å². The van der Waals surface area contributed by atoms with E-state index in [9.17, 15) is 0 Å². The number of likely N-dealkylation sites (tertiary alicyclic amines) is 1. The first-order valence-corrected chi connectivity index (χ1v) is 3.96. The summed E-state index contributed by atoms with van der Waals surface area (Å²) in [4.78, 5) is 1.06. The van der Waals surface area contributed by atoms with Crippen molar-refractivity contribution in [3.63, 3.8) is 0 Å². The van der Waals surface area contributed by atoms with Gasteiger partial charge in [-0.05, 0) is 12.8 Å². The molecule has 1 fully saturated rings. The molecule has 1 rings (SSSR count). The number of nitrogens with one attached hydrogen (secondary N) is 2. The maximum absolute atomic E-state index is 7.24. The molecule has 4 nitrogen and oxygen atoms in total. The van der Waals surface area contributed by atoms with Crippen LogP contribution in [0.4, 0.5) is 0 Å². The van der Waals surface area contributed by atoms with Crippen LogP contribution in [0.3, 0.4) is 0 Å². The van der Waals surface area contributed by atoms with E-state index >= 15 is 0 Å². The van der Waals surface area contributed by atoms with Gasteiger partial charge in [0.2, 0.25) is 0 Å². The van der Waals surface area contributed by atoms with Gasteiger partial charge in [-0.2, -0.15) is 0 Å². The van der Waals surface area contributed by atoms with E-state index in [4.69, 9.17) is 15.9 Å². The molecule has 0 aromatic carbocycles. The van der Waals surface area contributed by atoms with Gasteiger partial charge in [-0.1, -0.05) is 0 Å². The molecule has 1 aliphatic rings. The molecule has 1 saturated heterocycles. The van der Waals surface area contributed by atoms with Gasteiger partial charge in [-0.3, -0.25) is 4.90 Å². The second kappa shape index (κ2) is 3.69. The van der Waals surface area contributed by atoms with Crippen LogP contribution in [0.1, 0.15) is 12.8 Å². The first-order chi connectivity index (χ1) is 5.24. The Morgan fingerprint density at radius 1 is 1.73 bits per heavy atom. The molecule has 0 aromatic heterocycles. The highest BCUT2D eigenvalue weighted by molar-refractivity contribution is 5.64. The molecule has 0 aromatic rings. The molecule has 2 atom stereocenters. The molecule has 4 heteroatoms. The lowest BCUT2D eigenvalue weighted by atomic mass is 10.1. The van der Waals surface area contributed by atoms with Crippen LogP contribution < -0.4 is 10.6 Å². The van der Waals surface area contributed by atoms with Crippen LogP contribution in [0, 0.1) is 5.41 Å². The standard InChI is InChI=1S/C7H15N3O/c1-11-6-3-2-4-10(5-6)7(8)9/h6H,2-5H2,1H3,(H3,8,9)/p+1. The third-order valence-corrected chi connectivity index (χ3v) is 2.19. The summed E-state index contributed by atoms with van der Waals surface area (Å²) in [5, 5.41) is 7.24. The molecular weight excluding hydrogens is 142 g/mol. The van der Waals surface area contributed by atoms with Crippen molar-refractivity contribution in [3.8, 4) is 0 Å². The molecule has 0 spiro atoms. The number of piperidine rings is 1. The third-order valence-electron chi connectivity index (χ3n) is 2.19. The van der Waals surface area contributed by atoms with Crippen LogP contribution in [0.5, 0.6) is 0 Å². The Labute approximate surface area is 66.8 Å². The van der Waals surface area contributed by atoms with Gasteiger partial charge in [0.1, 0.15) is 12.6 Å². The number of ether oxygens (including phenoxy) is 1. The minimum atomic E-state index is 0.242. The van der Waals surface area contributed by atoms with Crippen LogP contribution in [0.2, 0.25) is 0 Å². The first-order valence-electron chi connectivity index (χ1n) is 3.96. The van der Waals surface area contributed by atoms with Crippen LogP contribution >= 0.6 is 0 Å². The van der Waals surface area contributed by atoms with E-state index in [1.54, 1.807) is 7.11 Å². The summed E-state index contributed by atoms with van der Waals surface area (Å²) in [7, 11) is 1.72. The number of quaternary nitrogens is 1. The van der Waals surface area contributed by atoms with E-state index in [-0.39, 0.29) is 5.96 Å². The Kier molecular flexibility index (Phi) is 2.84. The largest absolute Gasteiger partial charge is 0.376 e. The van der Waals surface area contributed by atoms with Gasteiger partial charge in [0.05, 0.1) is 6.54 Å². The summed E-state index contributed by atoms with van der Waals surface area (Å²) in [6, 6.07) is 0. The lowest BCUT2D eigenvalue weighted by Gasteiger charge is -2.26. The monoisotopic (exact) mass is 158 g/mol. The number of guanidine groups is 1. The van der Waals surface area contributed by atoms with Crippen molar-refractivity contribution < 1.29 is 9.64 Å². The average molecular weight is 158 g/mol. The van der Waals surface area contributed by atoms with Crippen LogP contribution in [-0.4, -0.2) is 32.3 Å². The minimum Gasteiger partial charge on any atom is -0.376 e. The molecule has 1 aliphatic heterocycles. The van der Waals surface area contributed by atoms with Crippen molar-refractivity contribution >= 4 is 5.96 Å². The van der Waals surface area contributed by atoms with Gasteiger partial charge in [-0.15, -0.1) is 0 Å². The average Bonchev–Trinajstić information content (AvgIpc) is 2.05. The fraction of sp³-hybridized carbons (Fsp3) is 0.857. The lowest BCUT2D eigenvalue weighted by Crippen LogP contribution is -3.17. The molecule has 0 bridgehead atoms. The zero-order valence-electron chi connectivity index (χ0n) is 6.89. The molecule has 0 saturated carbocycles. The topological polar surface area (TPSA) is 63.5 Å². The van der Waals surface area contributed by atoms with E-state index in [1.807, 2.05) is 0 Å². The van der Waals surface area contributed by atoms with Crippen molar-refractivity contribution in [1.29, 1.82) is 5.41 Å². The molecule has 11 heavy (non-hydrogen) atoms. The van der Waals surface area contributed by atoms with Gasteiger partial charge < -0.3 is 10.5 Å². The fourth-order valence-electron chi connectivity index (χ4n) is 1.47. The van der Waals surface area contributed by atoms with E-state index < -0.39 is 0 Å². The van der Waals surface area contributed by atoms with Crippen LogP contribution in [-0.2, 0) is 4.74 Å². The van der Waals surface area contributed by atoms with Crippen LogP contribution in [0.15, 0.2) is 0 Å². The Balaban J connectivity index is 2.39. The van der Waals surface area contributed by atoms with E-state index in [0.29, 0.717) is 6.10 Å². The van der Waals surface area contributed by atoms with E-state index in [0.717, 1.165) is 30.8 Å². The lowest BCUT2D eigenvalue weighted by molar-refractivity contribution is -0.818. The number of rotatable bonds is 1. The maximum atomic E-state index is 7.24. The Hall–Kier alpha value is -0.610. The molecule has 1 heterocycles. The van der Waals surface area contributed by atoms with Gasteiger partial charge in [0.25, 0.3) is 5.96 Å². The molecule has 0 aliphatic carbocycles. The molecular formula is C7H16N3O+. The summed E-state index contributed by atoms with van der Waals surface area (Å²) >= 11 is 0. The summed E-state index contributed by atoms with van der Waals surface area (Å²) in [5.74, 6) is 0.242. The summed E-state index contributed by atoms with van der Waals surface area (Å²) < 4.78 is 5.20. The normalized spacial score (nSPS) is 31.7. The number of hydrogen-bond donors (Lipinski definition) is 3. The second-order valence-electron chi connectivity index (χ2n) is 2.97. The number of methoxy groups -OCH3 is 1. The minimum absolute atomic E-state index is 0.242. The molecule has 2 unspecified atom stereocenters. The third kappa shape index (κ3) is 2.17. The van der Waals surface area contributed by atoms with Gasteiger partial charge in [-0.25, -0.2) is 5.41 Å². The van der Waals surface area contributed by atoms with E-state index in [2.05, 4.69) is 0 Å². The summed E-state index contributed by atoms with van der Waals surface area (Å²) in [6.45, 7) is 1.83. The molecule has 64 valence electrons. The Bertz CT molecular complexity index is 149. The van der Waals surface area contributed by atoms with Gasteiger partial charge in [0.15, 0.2) is 0 Å². The highest BCUT2D eigenvalue weighted by Gasteiger charge is 2.24. The quantitative estimate of drug-likeness (QED) is 0.324. The maximum Gasteiger partial charge on any atom is 0.290 e. The highest BCUT2D eigenvalue weighted by atomic mass is 16.5. The summed E-state index contributed by atoms with van der Waals surface area (Å²) in [6.07, 6.45) is 2.50. The Morgan fingerprint density at radius 2 is 2.45 bits per heavy atom. The molecule has 0 amide bonds. The summed E-state index contributed by atoms with van der Waals surface area (Å²) in [5.41, 5.74) is 5.37. The molecule has 0 radical (unpaired) electrons. The second-order valence-corrected chi connectivity index (χ2v) is 2.97. The number of hydrogen-bond acceptors (Lipinski definition) is 2. The van der Waals surface area contributed by atoms with E-state index in [1.165, 1.54) is 0 Å².